The zero-order valence-corrected chi connectivity index (χ0v) is 8.82. The van der Waals surface area contributed by atoms with Crippen molar-refractivity contribution in [1.29, 1.82) is 0 Å². The second kappa shape index (κ2) is 4.36. The van der Waals surface area contributed by atoms with Crippen molar-refractivity contribution >= 4 is 5.91 Å². The molecule has 1 aliphatic heterocycles. The van der Waals surface area contributed by atoms with Crippen molar-refractivity contribution in [2.24, 2.45) is 5.92 Å². The average molecular weight is 217 g/mol. The van der Waals surface area contributed by atoms with Crippen molar-refractivity contribution < 1.29 is 9.18 Å². The van der Waals surface area contributed by atoms with E-state index in [-0.39, 0.29) is 17.6 Å². The van der Waals surface area contributed by atoms with Gasteiger partial charge in [-0.2, -0.15) is 0 Å². The Kier molecular flexibility index (Phi) is 2.91. The van der Waals surface area contributed by atoms with Gasteiger partial charge in [-0.25, -0.2) is 4.39 Å². The van der Waals surface area contributed by atoms with Crippen LogP contribution in [-0.4, -0.2) is 17.4 Å². The maximum absolute atomic E-state index is 12.7. The van der Waals surface area contributed by atoms with Crippen LogP contribution in [0.5, 0.6) is 0 Å². The monoisotopic (exact) mass is 217 g/mol. The molecular formula is C13H12FNO. The second-order valence-corrected chi connectivity index (χ2v) is 3.97. The van der Waals surface area contributed by atoms with Gasteiger partial charge in [-0.1, -0.05) is 12.1 Å². The van der Waals surface area contributed by atoms with E-state index in [0.717, 1.165) is 5.56 Å². The van der Waals surface area contributed by atoms with Crippen molar-refractivity contribution in [3.63, 3.8) is 0 Å². The molecule has 1 atom stereocenters. The average Bonchev–Trinajstić information content (AvgIpc) is 2.63. The molecule has 16 heavy (non-hydrogen) atoms. The molecule has 0 saturated carbocycles. The number of carbonyl (C=O) groups is 1. The van der Waals surface area contributed by atoms with Crippen LogP contribution in [0.25, 0.3) is 0 Å². The third kappa shape index (κ3) is 2.22. The number of halogens is 1. The molecule has 1 unspecified atom stereocenters. The fraction of sp³-hybridized carbons (Fsp3) is 0.308. The maximum atomic E-state index is 12.7. The van der Waals surface area contributed by atoms with Crippen LogP contribution in [0.15, 0.2) is 24.3 Å². The quantitative estimate of drug-likeness (QED) is 0.692. The van der Waals surface area contributed by atoms with Gasteiger partial charge >= 0.3 is 0 Å². The van der Waals surface area contributed by atoms with E-state index in [4.69, 9.17) is 6.42 Å². The highest BCUT2D eigenvalue weighted by Gasteiger charge is 2.27. The minimum absolute atomic E-state index is 0.0212. The van der Waals surface area contributed by atoms with Crippen molar-refractivity contribution in [3.8, 4) is 12.3 Å². The molecule has 2 rings (SSSR count). The Morgan fingerprint density at radius 3 is 2.69 bits per heavy atom. The number of nitrogens with zero attached hydrogens (tertiary/aromatic N) is 1. The summed E-state index contributed by atoms with van der Waals surface area (Å²) in [6.45, 7) is 1.12. The molecule has 1 aromatic carbocycles. The van der Waals surface area contributed by atoms with Crippen LogP contribution in [0.4, 0.5) is 4.39 Å². The summed E-state index contributed by atoms with van der Waals surface area (Å²) in [4.78, 5) is 13.3. The fourth-order valence-corrected chi connectivity index (χ4v) is 1.85. The molecule has 1 fully saturated rings. The molecule has 1 aromatic rings. The third-order valence-electron chi connectivity index (χ3n) is 2.74. The van der Waals surface area contributed by atoms with Crippen molar-refractivity contribution in [2.45, 2.75) is 13.0 Å². The lowest BCUT2D eigenvalue weighted by molar-refractivity contribution is -0.128. The molecule has 1 saturated heterocycles. The van der Waals surface area contributed by atoms with E-state index in [0.29, 0.717) is 19.5 Å². The minimum Gasteiger partial charge on any atom is -0.337 e. The largest absolute Gasteiger partial charge is 0.337 e. The number of hydrogen-bond donors (Lipinski definition) is 0. The Morgan fingerprint density at radius 1 is 1.44 bits per heavy atom. The van der Waals surface area contributed by atoms with Crippen LogP contribution < -0.4 is 0 Å². The predicted molar refractivity (Wildman–Crippen MR) is 58.8 cm³/mol. The van der Waals surface area contributed by atoms with Gasteiger partial charge in [0.15, 0.2) is 0 Å². The van der Waals surface area contributed by atoms with Gasteiger partial charge < -0.3 is 4.90 Å². The molecule has 0 bridgehead atoms. The van der Waals surface area contributed by atoms with E-state index in [1.807, 2.05) is 0 Å². The summed E-state index contributed by atoms with van der Waals surface area (Å²) in [5.41, 5.74) is 0.924. The minimum atomic E-state index is -0.266. The SMILES string of the molecule is C#CC1CC(=O)N(Cc2ccc(F)cc2)C1. The van der Waals surface area contributed by atoms with Gasteiger partial charge in [-0.15, -0.1) is 12.3 Å². The highest BCUT2D eigenvalue weighted by molar-refractivity contribution is 5.79. The second-order valence-electron chi connectivity index (χ2n) is 3.97. The molecule has 82 valence electrons. The third-order valence-corrected chi connectivity index (χ3v) is 2.74. The number of likely N-dealkylation sites (tertiary alicyclic amines) is 1. The van der Waals surface area contributed by atoms with E-state index >= 15 is 0 Å². The summed E-state index contributed by atoms with van der Waals surface area (Å²) in [7, 11) is 0. The topological polar surface area (TPSA) is 20.3 Å². The van der Waals surface area contributed by atoms with Gasteiger partial charge in [0, 0.05) is 25.4 Å². The van der Waals surface area contributed by atoms with E-state index in [1.165, 1.54) is 12.1 Å². The molecule has 0 radical (unpaired) electrons. The number of amides is 1. The number of carbonyl (C=O) groups excluding carboxylic acids is 1. The summed E-state index contributed by atoms with van der Waals surface area (Å²) in [5.74, 6) is 2.43. The number of rotatable bonds is 2. The van der Waals surface area contributed by atoms with Gasteiger partial charge in [0.2, 0.25) is 5.91 Å². The van der Waals surface area contributed by atoms with Gasteiger partial charge in [-0.3, -0.25) is 4.79 Å². The van der Waals surface area contributed by atoms with E-state index in [9.17, 15) is 9.18 Å². The maximum Gasteiger partial charge on any atom is 0.224 e. The smallest absolute Gasteiger partial charge is 0.224 e. The van der Waals surface area contributed by atoms with Crippen LogP contribution in [0, 0.1) is 24.1 Å². The number of terminal acetylenes is 1. The molecule has 0 aliphatic carbocycles. The van der Waals surface area contributed by atoms with Gasteiger partial charge in [0.05, 0.1) is 0 Å². The van der Waals surface area contributed by atoms with Crippen LogP contribution >= 0.6 is 0 Å². The Hall–Kier alpha value is -1.82. The Labute approximate surface area is 94.1 Å². The highest BCUT2D eigenvalue weighted by atomic mass is 19.1. The van der Waals surface area contributed by atoms with Crippen molar-refractivity contribution in [2.75, 3.05) is 6.54 Å². The van der Waals surface area contributed by atoms with Crippen molar-refractivity contribution in [1.82, 2.24) is 4.90 Å². The standard InChI is InChI=1S/C13H12FNO/c1-2-10-7-13(16)15(8-10)9-11-3-5-12(14)6-4-11/h1,3-6,10H,7-9H2. The lowest BCUT2D eigenvalue weighted by Gasteiger charge is -2.15. The summed E-state index contributed by atoms with van der Waals surface area (Å²) in [6.07, 6.45) is 5.72. The molecule has 0 spiro atoms. The van der Waals surface area contributed by atoms with E-state index in [2.05, 4.69) is 5.92 Å². The molecule has 1 amide bonds. The van der Waals surface area contributed by atoms with Crippen LogP contribution in [-0.2, 0) is 11.3 Å². The Balaban J connectivity index is 2.03. The van der Waals surface area contributed by atoms with Crippen LogP contribution in [0.2, 0.25) is 0 Å². The lowest BCUT2D eigenvalue weighted by Crippen LogP contribution is -2.24. The normalized spacial score (nSPS) is 19.9. The summed E-state index contributed by atoms with van der Waals surface area (Å²) < 4.78 is 12.7. The fourth-order valence-electron chi connectivity index (χ4n) is 1.85. The first-order valence-electron chi connectivity index (χ1n) is 5.17. The molecule has 0 N–H and O–H groups in total. The van der Waals surface area contributed by atoms with Gasteiger partial charge in [0.1, 0.15) is 5.82 Å². The van der Waals surface area contributed by atoms with E-state index in [1.54, 1.807) is 17.0 Å². The van der Waals surface area contributed by atoms with E-state index < -0.39 is 0 Å². The Bertz CT molecular complexity index is 432. The molecule has 0 aromatic heterocycles. The molecule has 3 heteroatoms. The molecule has 1 heterocycles. The summed E-state index contributed by atoms with van der Waals surface area (Å²) in [5, 5.41) is 0. The number of benzene rings is 1. The van der Waals surface area contributed by atoms with Crippen LogP contribution in [0.3, 0.4) is 0 Å². The first-order chi connectivity index (χ1) is 7.69. The first-order valence-corrected chi connectivity index (χ1v) is 5.17. The van der Waals surface area contributed by atoms with Crippen molar-refractivity contribution in [3.05, 3.63) is 35.6 Å². The zero-order chi connectivity index (χ0) is 11.5. The predicted octanol–water partition coefficient (Wildman–Crippen LogP) is 1.81. The lowest BCUT2D eigenvalue weighted by atomic mass is 10.1. The highest BCUT2D eigenvalue weighted by Crippen LogP contribution is 2.19. The molecule has 1 aliphatic rings. The van der Waals surface area contributed by atoms with Gasteiger partial charge in [-0.05, 0) is 17.7 Å². The molecule has 2 nitrogen and oxygen atoms in total. The first kappa shape index (κ1) is 10.7. The Morgan fingerprint density at radius 2 is 2.12 bits per heavy atom. The van der Waals surface area contributed by atoms with Gasteiger partial charge in [0.25, 0.3) is 0 Å². The number of hydrogen-bond acceptors (Lipinski definition) is 1. The van der Waals surface area contributed by atoms with Crippen LogP contribution in [0.1, 0.15) is 12.0 Å². The zero-order valence-electron chi connectivity index (χ0n) is 8.82. The summed E-state index contributed by atoms with van der Waals surface area (Å²) >= 11 is 0. The molecular weight excluding hydrogens is 205 g/mol. The summed E-state index contributed by atoms with van der Waals surface area (Å²) in [6, 6.07) is 6.17.